The van der Waals surface area contributed by atoms with Gasteiger partial charge in [-0.2, -0.15) is 0 Å². The lowest BCUT2D eigenvalue weighted by Gasteiger charge is -2.15. The Kier molecular flexibility index (Phi) is 2.78. The molecule has 1 unspecified atom stereocenters. The van der Waals surface area contributed by atoms with Crippen LogP contribution < -0.4 is 0 Å². The summed E-state index contributed by atoms with van der Waals surface area (Å²) in [6, 6.07) is 0. The van der Waals surface area contributed by atoms with Crippen molar-refractivity contribution in [1.82, 2.24) is 0 Å². The summed E-state index contributed by atoms with van der Waals surface area (Å²) in [7, 11) is 1.37. The van der Waals surface area contributed by atoms with Crippen LogP contribution in [0.4, 0.5) is 0 Å². The number of carbonyl (C=O) groups excluding carboxylic acids is 2. The molecule has 0 saturated heterocycles. The normalized spacial score (nSPS) is 23.2. The molecule has 0 spiro atoms. The summed E-state index contributed by atoms with van der Waals surface area (Å²) in [4.78, 5) is 21.6. The molecule has 0 aromatic carbocycles. The van der Waals surface area contributed by atoms with Gasteiger partial charge in [-0.15, -0.1) is 0 Å². The molecular formula is C8H7ClO3. The van der Waals surface area contributed by atoms with Crippen molar-refractivity contribution in [2.45, 2.75) is 6.10 Å². The van der Waals surface area contributed by atoms with Crippen LogP contribution in [-0.2, 0) is 14.3 Å². The molecule has 0 aliphatic heterocycles. The van der Waals surface area contributed by atoms with Gasteiger partial charge >= 0.3 is 0 Å². The Hall–Kier alpha value is -0.930. The second-order valence-electron chi connectivity index (χ2n) is 2.31. The number of allylic oxidation sites excluding steroid dienone is 2. The Morgan fingerprint density at radius 2 is 2.25 bits per heavy atom. The minimum atomic E-state index is -0.787. The third-order valence-corrected chi connectivity index (χ3v) is 1.74. The number of hydrogen-bond donors (Lipinski definition) is 0. The second kappa shape index (κ2) is 3.65. The van der Waals surface area contributed by atoms with Crippen LogP contribution in [0.25, 0.3) is 0 Å². The van der Waals surface area contributed by atoms with Crippen molar-refractivity contribution in [2.24, 2.45) is 0 Å². The number of ketones is 1. The molecule has 64 valence electrons. The van der Waals surface area contributed by atoms with Crippen LogP contribution in [0.15, 0.2) is 22.8 Å². The summed E-state index contributed by atoms with van der Waals surface area (Å²) in [5.41, 5.74) is 0.259. The molecule has 0 bridgehead atoms. The second-order valence-corrected chi connectivity index (χ2v) is 2.75. The van der Waals surface area contributed by atoms with Gasteiger partial charge in [0.05, 0.1) is 0 Å². The fourth-order valence-electron chi connectivity index (χ4n) is 1.00. The van der Waals surface area contributed by atoms with E-state index in [9.17, 15) is 9.59 Å². The molecule has 0 N–H and O–H groups in total. The van der Waals surface area contributed by atoms with Gasteiger partial charge in [0, 0.05) is 23.8 Å². The average Bonchev–Trinajstić information content (AvgIpc) is 2.03. The molecule has 0 radical (unpaired) electrons. The molecule has 0 aromatic rings. The largest absolute Gasteiger partial charge is 0.368 e. The molecule has 0 aromatic heterocycles. The van der Waals surface area contributed by atoms with Gasteiger partial charge in [-0.05, 0) is 6.08 Å². The highest BCUT2D eigenvalue weighted by atomic mass is 35.5. The number of aldehydes is 1. The molecule has 0 amide bonds. The third kappa shape index (κ3) is 1.62. The highest BCUT2D eigenvalue weighted by Crippen LogP contribution is 2.18. The Balaban J connectivity index is 3.00. The van der Waals surface area contributed by atoms with Crippen molar-refractivity contribution in [2.75, 3.05) is 7.11 Å². The van der Waals surface area contributed by atoms with Gasteiger partial charge < -0.3 is 4.74 Å². The van der Waals surface area contributed by atoms with E-state index in [1.807, 2.05) is 0 Å². The number of methoxy groups -OCH3 is 1. The van der Waals surface area contributed by atoms with Gasteiger partial charge in [-0.25, -0.2) is 0 Å². The van der Waals surface area contributed by atoms with Crippen molar-refractivity contribution in [1.29, 1.82) is 0 Å². The summed E-state index contributed by atoms with van der Waals surface area (Å²) in [6.45, 7) is 0. The van der Waals surface area contributed by atoms with E-state index < -0.39 is 6.10 Å². The van der Waals surface area contributed by atoms with Crippen LogP contribution in [0.3, 0.4) is 0 Å². The lowest BCUT2D eigenvalue weighted by molar-refractivity contribution is -0.123. The van der Waals surface area contributed by atoms with Crippen LogP contribution in [-0.4, -0.2) is 25.3 Å². The first kappa shape index (κ1) is 9.16. The van der Waals surface area contributed by atoms with Gasteiger partial charge in [0.15, 0.2) is 5.78 Å². The van der Waals surface area contributed by atoms with Gasteiger partial charge in [-0.3, -0.25) is 9.59 Å². The van der Waals surface area contributed by atoms with Crippen LogP contribution in [0.5, 0.6) is 0 Å². The zero-order valence-electron chi connectivity index (χ0n) is 6.41. The van der Waals surface area contributed by atoms with E-state index >= 15 is 0 Å². The summed E-state index contributed by atoms with van der Waals surface area (Å²) in [6.07, 6.45) is 2.44. The predicted molar refractivity (Wildman–Crippen MR) is 43.9 cm³/mol. The quantitative estimate of drug-likeness (QED) is 0.600. The van der Waals surface area contributed by atoms with E-state index in [1.165, 1.54) is 19.3 Å². The van der Waals surface area contributed by atoms with Gasteiger partial charge in [0.25, 0.3) is 0 Å². The highest BCUT2D eigenvalue weighted by Gasteiger charge is 2.24. The Labute approximate surface area is 74.6 Å². The van der Waals surface area contributed by atoms with E-state index in [0.717, 1.165) is 0 Å². The molecule has 1 rings (SSSR count). The Morgan fingerprint density at radius 3 is 2.75 bits per heavy atom. The SMILES string of the molecule is COC1C(=O)C=C(Cl)C=C1C=O. The van der Waals surface area contributed by atoms with E-state index in [0.29, 0.717) is 6.29 Å². The zero-order valence-corrected chi connectivity index (χ0v) is 7.17. The smallest absolute Gasteiger partial charge is 0.190 e. The fourth-order valence-corrected chi connectivity index (χ4v) is 1.23. The first-order chi connectivity index (χ1) is 5.69. The summed E-state index contributed by atoms with van der Waals surface area (Å²) < 4.78 is 4.80. The minimum absolute atomic E-state index is 0.259. The van der Waals surface area contributed by atoms with Crippen molar-refractivity contribution in [3.63, 3.8) is 0 Å². The highest BCUT2D eigenvalue weighted by molar-refractivity contribution is 6.34. The fraction of sp³-hybridized carbons (Fsp3) is 0.250. The third-order valence-electron chi connectivity index (χ3n) is 1.52. The van der Waals surface area contributed by atoms with E-state index in [4.69, 9.17) is 16.3 Å². The molecule has 0 saturated carbocycles. The van der Waals surface area contributed by atoms with Gasteiger partial charge in [0.1, 0.15) is 12.4 Å². The molecule has 4 heteroatoms. The number of halogens is 1. The number of carbonyl (C=O) groups is 2. The van der Waals surface area contributed by atoms with Crippen LogP contribution >= 0.6 is 11.6 Å². The first-order valence-corrected chi connectivity index (χ1v) is 3.67. The molecular weight excluding hydrogens is 180 g/mol. The number of rotatable bonds is 2. The van der Waals surface area contributed by atoms with Crippen molar-refractivity contribution in [3.05, 3.63) is 22.8 Å². The Bertz CT molecular complexity index is 278. The van der Waals surface area contributed by atoms with Crippen molar-refractivity contribution in [3.8, 4) is 0 Å². The zero-order chi connectivity index (χ0) is 9.14. The summed E-state index contributed by atoms with van der Waals surface area (Å²) >= 11 is 5.56. The predicted octanol–water partition coefficient (Wildman–Crippen LogP) is 0.832. The van der Waals surface area contributed by atoms with Crippen molar-refractivity contribution >= 4 is 23.7 Å². The molecule has 1 aliphatic carbocycles. The maximum atomic E-state index is 11.1. The number of ether oxygens (including phenoxy) is 1. The maximum Gasteiger partial charge on any atom is 0.190 e. The standard InChI is InChI=1S/C8H7ClO3/c1-12-8-5(4-10)2-6(9)3-7(8)11/h2-4,8H,1H3. The number of hydrogen-bond acceptors (Lipinski definition) is 3. The molecule has 1 atom stereocenters. The molecule has 1 aliphatic rings. The molecule has 0 heterocycles. The lowest BCUT2D eigenvalue weighted by Crippen LogP contribution is -2.26. The van der Waals surface area contributed by atoms with Crippen LogP contribution in [0.2, 0.25) is 0 Å². The van der Waals surface area contributed by atoms with Gasteiger partial charge in [0.2, 0.25) is 0 Å². The average molecular weight is 187 g/mol. The topological polar surface area (TPSA) is 43.4 Å². The van der Waals surface area contributed by atoms with E-state index in [1.54, 1.807) is 0 Å². The minimum Gasteiger partial charge on any atom is -0.368 e. The lowest BCUT2D eigenvalue weighted by atomic mass is 10.0. The van der Waals surface area contributed by atoms with Gasteiger partial charge in [-0.1, -0.05) is 11.6 Å². The monoisotopic (exact) mass is 186 g/mol. The maximum absolute atomic E-state index is 11.1. The first-order valence-electron chi connectivity index (χ1n) is 3.29. The van der Waals surface area contributed by atoms with Crippen LogP contribution in [0.1, 0.15) is 0 Å². The molecule has 0 fully saturated rings. The summed E-state index contributed by atoms with van der Waals surface area (Å²) in [5.74, 6) is -0.299. The molecule has 3 nitrogen and oxygen atoms in total. The molecule has 12 heavy (non-hydrogen) atoms. The Morgan fingerprint density at radius 1 is 1.58 bits per heavy atom. The van der Waals surface area contributed by atoms with Crippen LogP contribution in [0, 0.1) is 0 Å². The van der Waals surface area contributed by atoms with Crippen molar-refractivity contribution < 1.29 is 14.3 Å². The summed E-state index contributed by atoms with van der Waals surface area (Å²) in [5, 5.41) is 0.260. The van der Waals surface area contributed by atoms with E-state index in [-0.39, 0.29) is 16.4 Å². The van der Waals surface area contributed by atoms with E-state index in [2.05, 4.69) is 0 Å².